The normalized spacial score (nSPS) is 23.6. The van der Waals surface area contributed by atoms with Crippen molar-refractivity contribution in [1.29, 1.82) is 0 Å². The molecule has 1 saturated carbocycles. The van der Waals surface area contributed by atoms with Crippen LogP contribution in [0.5, 0.6) is 0 Å². The molecular formula is C22H29BrGe. The minimum absolute atomic E-state index is 0. The summed E-state index contributed by atoms with van der Waals surface area (Å²) in [7, 11) is 0. The molecule has 1 fully saturated rings. The fraction of sp³-hybridized carbons (Fsp3) is 0.455. The Morgan fingerprint density at radius 1 is 0.833 bits per heavy atom. The van der Waals surface area contributed by atoms with Gasteiger partial charge in [-0.05, 0) is 0 Å². The van der Waals surface area contributed by atoms with E-state index in [1.165, 1.54) is 19.3 Å². The maximum Gasteiger partial charge on any atom is -1.00 e. The molecule has 3 rings (SSSR count). The Labute approximate surface area is 162 Å². The summed E-state index contributed by atoms with van der Waals surface area (Å²) >= 11 is -1.53. The van der Waals surface area contributed by atoms with Gasteiger partial charge in [0.1, 0.15) is 0 Å². The van der Waals surface area contributed by atoms with Crippen LogP contribution in [0.3, 0.4) is 0 Å². The molecule has 1 aliphatic rings. The number of benzene rings is 2. The van der Waals surface area contributed by atoms with Crippen LogP contribution in [0, 0.1) is 17.8 Å². The third-order valence-electron chi connectivity index (χ3n) is 5.56. The molecule has 0 bridgehead atoms. The van der Waals surface area contributed by atoms with Crippen LogP contribution in [0.2, 0.25) is 4.75 Å². The Kier molecular flexibility index (Phi) is 7.62. The maximum absolute atomic E-state index is 2.47. The molecular weight excluding hydrogens is 417 g/mol. The molecule has 0 aliphatic heterocycles. The van der Waals surface area contributed by atoms with Crippen molar-refractivity contribution in [2.24, 2.45) is 17.8 Å². The summed E-state index contributed by atoms with van der Waals surface area (Å²) in [5.74, 6) is 2.61. The second kappa shape index (κ2) is 9.24. The first kappa shape index (κ1) is 19.8. The Morgan fingerprint density at radius 3 is 1.79 bits per heavy atom. The molecule has 3 unspecified atom stereocenters. The number of hydrogen-bond donors (Lipinski definition) is 0. The SMILES string of the molecule is CC1CCC(C(C)C)[CH]([Ge+]([c]2ccccc2)[c]2ccccc2)C1.[Br-]. The topological polar surface area (TPSA) is 0 Å². The van der Waals surface area contributed by atoms with Gasteiger partial charge in [-0.15, -0.1) is 0 Å². The zero-order valence-electron chi connectivity index (χ0n) is 15.1. The molecule has 3 atom stereocenters. The van der Waals surface area contributed by atoms with Crippen LogP contribution in [-0.2, 0) is 0 Å². The predicted molar refractivity (Wildman–Crippen MR) is 103 cm³/mol. The van der Waals surface area contributed by atoms with E-state index in [2.05, 4.69) is 81.4 Å². The standard InChI is InChI=1S/C22H29Ge.BrH/c1-17(2)21-15-14-18(3)16-22(21)23(19-10-6-4-7-11-19)20-12-8-5-9-13-20;/h4-13,17-18,21-22H,14-16H2,1-3H3;1H/q+1;/p-1. The molecule has 2 aromatic rings. The molecule has 128 valence electrons. The largest absolute Gasteiger partial charge is 1.00 e. The third-order valence-corrected chi connectivity index (χ3v) is 12.5. The van der Waals surface area contributed by atoms with E-state index in [9.17, 15) is 0 Å². The average Bonchev–Trinajstić information content (AvgIpc) is 2.57. The molecule has 0 saturated heterocycles. The summed E-state index contributed by atoms with van der Waals surface area (Å²) in [6.45, 7) is 7.36. The average molecular weight is 446 g/mol. The van der Waals surface area contributed by atoms with Gasteiger partial charge in [0, 0.05) is 0 Å². The Hall–Kier alpha value is -0.537. The van der Waals surface area contributed by atoms with E-state index in [0.29, 0.717) is 0 Å². The molecule has 0 amide bonds. The summed E-state index contributed by atoms with van der Waals surface area (Å²) in [6.07, 6.45) is 4.29. The molecule has 0 spiro atoms. The van der Waals surface area contributed by atoms with Crippen molar-refractivity contribution in [3.63, 3.8) is 0 Å². The summed E-state index contributed by atoms with van der Waals surface area (Å²) in [5, 5.41) is 0. The molecule has 24 heavy (non-hydrogen) atoms. The van der Waals surface area contributed by atoms with Crippen LogP contribution in [0.15, 0.2) is 60.7 Å². The van der Waals surface area contributed by atoms with Crippen LogP contribution < -0.4 is 25.8 Å². The summed E-state index contributed by atoms with van der Waals surface area (Å²) < 4.78 is 4.23. The zero-order chi connectivity index (χ0) is 16.2. The molecule has 0 radical (unpaired) electrons. The van der Waals surface area contributed by atoms with Gasteiger partial charge in [-0.25, -0.2) is 0 Å². The van der Waals surface area contributed by atoms with Gasteiger partial charge in [0.05, 0.1) is 0 Å². The first-order chi connectivity index (χ1) is 11.2. The minimum atomic E-state index is -1.53. The van der Waals surface area contributed by atoms with Gasteiger partial charge in [0.15, 0.2) is 0 Å². The van der Waals surface area contributed by atoms with Crippen LogP contribution in [0.4, 0.5) is 0 Å². The molecule has 0 aromatic heterocycles. The Bertz CT molecular complexity index is 556. The monoisotopic (exact) mass is 446 g/mol. The second-order valence-corrected chi connectivity index (χ2v) is 13.3. The van der Waals surface area contributed by atoms with E-state index < -0.39 is 14.3 Å². The maximum atomic E-state index is 2.47. The molecule has 0 N–H and O–H groups in total. The van der Waals surface area contributed by atoms with Gasteiger partial charge < -0.3 is 17.0 Å². The Morgan fingerprint density at radius 2 is 1.33 bits per heavy atom. The van der Waals surface area contributed by atoms with Crippen LogP contribution in [-0.4, -0.2) is 14.3 Å². The van der Waals surface area contributed by atoms with E-state index in [1.807, 2.05) is 0 Å². The van der Waals surface area contributed by atoms with Crippen molar-refractivity contribution in [2.75, 3.05) is 0 Å². The third kappa shape index (κ3) is 4.55. The first-order valence-corrected chi connectivity index (χ1v) is 12.5. The molecule has 0 heterocycles. The van der Waals surface area contributed by atoms with E-state index >= 15 is 0 Å². The van der Waals surface area contributed by atoms with E-state index in [-0.39, 0.29) is 17.0 Å². The summed E-state index contributed by atoms with van der Waals surface area (Å²) in [6, 6.07) is 22.9. The summed E-state index contributed by atoms with van der Waals surface area (Å²) in [4.78, 5) is 0. The van der Waals surface area contributed by atoms with E-state index in [0.717, 1.165) is 22.5 Å². The molecule has 2 aromatic carbocycles. The van der Waals surface area contributed by atoms with Crippen molar-refractivity contribution in [1.82, 2.24) is 0 Å². The quantitative estimate of drug-likeness (QED) is 0.629. The van der Waals surface area contributed by atoms with Gasteiger partial charge in [0.25, 0.3) is 0 Å². The van der Waals surface area contributed by atoms with Crippen LogP contribution >= 0.6 is 0 Å². The van der Waals surface area contributed by atoms with Gasteiger partial charge >= 0.3 is 146 Å². The number of rotatable bonds is 4. The van der Waals surface area contributed by atoms with Crippen molar-refractivity contribution >= 4 is 23.1 Å². The smallest absolute Gasteiger partial charge is 1.00 e. The van der Waals surface area contributed by atoms with Crippen molar-refractivity contribution < 1.29 is 17.0 Å². The van der Waals surface area contributed by atoms with E-state index in [4.69, 9.17) is 0 Å². The van der Waals surface area contributed by atoms with Gasteiger partial charge in [-0.3, -0.25) is 0 Å². The van der Waals surface area contributed by atoms with E-state index in [1.54, 1.807) is 8.79 Å². The summed E-state index contributed by atoms with van der Waals surface area (Å²) in [5.41, 5.74) is 0. The van der Waals surface area contributed by atoms with Crippen molar-refractivity contribution in [3.05, 3.63) is 60.7 Å². The van der Waals surface area contributed by atoms with Crippen LogP contribution in [0.25, 0.3) is 0 Å². The fourth-order valence-electron chi connectivity index (χ4n) is 4.36. The molecule has 0 nitrogen and oxygen atoms in total. The van der Waals surface area contributed by atoms with Gasteiger partial charge in [0.2, 0.25) is 0 Å². The van der Waals surface area contributed by atoms with Crippen molar-refractivity contribution in [2.45, 2.75) is 44.8 Å². The zero-order valence-corrected chi connectivity index (χ0v) is 18.8. The molecule has 2 heteroatoms. The van der Waals surface area contributed by atoms with Gasteiger partial charge in [-0.1, -0.05) is 0 Å². The van der Waals surface area contributed by atoms with Crippen LogP contribution in [0.1, 0.15) is 40.0 Å². The minimum Gasteiger partial charge on any atom is -1.00 e. The van der Waals surface area contributed by atoms with Gasteiger partial charge in [-0.2, -0.15) is 0 Å². The first-order valence-electron chi connectivity index (χ1n) is 9.14. The molecule has 1 aliphatic carbocycles. The Balaban J connectivity index is 0.00000208. The fourth-order valence-corrected chi connectivity index (χ4v) is 12.6. The predicted octanol–water partition coefficient (Wildman–Crippen LogP) is 1.76. The van der Waals surface area contributed by atoms with Crippen molar-refractivity contribution in [3.8, 4) is 0 Å². The second-order valence-electron chi connectivity index (χ2n) is 7.58. The number of hydrogen-bond acceptors (Lipinski definition) is 0. The number of halogens is 1.